The normalized spacial score (nSPS) is 10.8. The lowest BCUT2D eigenvalue weighted by atomic mass is 10.2. The quantitative estimate of drug-likeness (QED) is 0.128. The van der Waals surface area contributed by atoms with Crippen molar-refractivity contribution in [1.82, 2.24) is 0 Å². The Morgan fingerprint density at radius 3 is 1.32 bits per heavy atom. The SMILES string of the molecule is CC(=O)c1csc(Br)c1.CC=C(C)c1csc(Br)c1.CC[P+](c1ccccc1)(c1ccccc1)c1ccccc1.[Br-]. The van der Waals surface area contributed by atoms with Gasteiger partial charge in [0.1, 0.15) is 23.2 Å². The molecule has 41 heavy (non-hydrogen) atoms. The van der Waals surface area contributed by atoms with E-state index in [0.717, 1.165) is 15.5 Å². The first kappa shape index (κ1) is 35.5. The molecule has 0 atom stereocenters. The van der Waals surface area contributed by atoms with E-state index in [9.17, 15) is 4.79 Å². The zero-order valence-corrected chi connectivity index (χ0v) is 30.8. The fraction of sp³-hybridized carbons (Fsp3) is 0.147. The van der Waals surface area contributed by atoms with Gasteiger partial charge in [0, 0.05) is 10.9 Å². The molecule has 0 spiro atoms. The van der Waals surface area contributed by atoms with Crippen molar-refractivity contribution >= 4 is 89.1 Å². The van der Waals surface area contributed by atoms with Crippen LogP contribution >= 0.6 is 61.8 Å². The van der Waals surface area contributed by atoms with Gasteiger partial charge in [-0.05, 0) is 125 Å². The van der Waals surface area contributed by atoms with Crippen molar-refractivity contribution in [3.63, 3.8) is 0 Å². The second-order valence-electron chi connectivity index (χ2n) is 8.94. The van der Waals surface area contributed by atoms with Crippen LogP contribution in [0.2, 0.25) is 0 Å². The van der Waals surface area contributed by atoms with Crippen molar-refractivity contribution in [1.29, 1.82) is 0 Å². The van der Waals surface area contributed by atoms with Crippen molar-refractivity contribution in [3.05, 3.63) is 139 Å². The van der Waals surface area contributed by atoms with Gasteiger partial charge in [-0.15, -0.1) is 22.7 Å². The number of carbonyl (C=O) groups is 1. The maximum absolute atomic E-state index is 10.6. The van der Waals surface area contributed by atoms with Crippen LogP contribution in [0.5, 0.6) is 0 Å². The van der Waals surface area contributed by atoms with E-state index in [2.05, 4.69) is 161 Å². The molecule has 0 saturated heterocycles. The molecular weight excluding hydrogens is 759 g/mol. The molecule has 2 aromatic heterocycles. The zero-order chi connectivity index (χ0) is 29.0. The Morgan fingerprint density at radius 1 is 0.707 bits per heavy atom. The van der Waals surface area contributed by atoms with Crippen molar-refractivity contribution in [2.24, 2.45) is 0 Å². The van der Waals surface area contributed by atoms with Gasteiger partial charge in [0.25, 0.3) is 0 Å². The monoisotopic (exact) mass is 790 g/mol. The summed E-state index contributed by atoms with van der Waals surface area (Å²) in [7, 11) is -1.53. The average Bonchev–Trinajstić information content (AvgIpc) is 3.64. The van der Waals surface area contributed by atoms with Crippen LogP contribution < -0.4 is 32.9 Å². The van der Waals surface area contributed by atoms with Crippen LogP contribution in [-0.4, -0.2) is 11.9 Å². The number of ketones is 1. The molecule has 0 N–H and O–H groups in total. The summed E-state index contributed by atoms with van der Waals surface area (Å²) in [4.78, 5) is 10.6. The van der Waals surface area contributed by atoms with E-state index in [4.69, 9.17) is 0 Å². The predicted molar refractivity (Wildman–Crippen MR) is 189 cm³/mol. The number of thiophene rings is 2. The third kappa shape index (κ3) is 9.95. The molecule has 0 unspecified atom stereocenters. The Hall–Kier alpha value is -1.66. The minimum Gasteiger partial charge on any atom is -1.00 e. The van der Waals surface area contributed by atoms with Crippen LogP contribution in [0.1, 0.15) is 43.6 Å². The molecule has 2 heterocycles. The summed E-state index contributed by atoms with van der Waals surface area (Å²) in [6.45, 7) is 8.06. The maximum Gasteiger partial charge on any atom is 0.160 e. The van der Waals surface area contributed by atoms with Gasteiger partial charge in [0.2, 0.25) is 0 Å². The molecule has 0 saturated carbocycles. The highest BCUT2D eigenvalue weighted by Crippen LogP contribution is 2.54. The van der Waals surface area contributed by atoms with Crippen molar-refractivity contribution in [2.45, 2.75) is 27.7 Å². The number of carbonyl (C=O) groups excluding carboxylic acids is 1. The molecule has 0 fully saturated rings. The summed E-state index contributed by atoms with van der Waals surface area (Å²) in [5, 5.41) is 8.38. The lowest BCUT2D eigenvalue weighted by Crippen LogP contribution is -3.00. The highest BCUT2D eigenvalue weighted by atomic mass is 79.9. The van der Waals surface area contributed by atoms with E-state index in [-0.39, 0.29) is 22.8 Å². The molecule has 214 valence electrons. The molecule has 0 aliphatic carbocycles. The standard InChI is InChI=1S/C20H20P.C8H9BrS.C6H5BrOS.BrH/c1-2-21(18-12-6-3-7-13-18,19-14-8-4-9-15-19)20-16-10-5-11-17-20;1-3-6(2)7-4-8(9)10-5-7;1-4(8)5-2-6(7)9-3-5;/h3-17H,2H2,1H3;3-5H,1-2H3;2-3H,1H3;1H/q+1;;;/p-1. The van der Waals surface area contributed by atoms with Crippen LogP contribution in [-0.2, 0) is 0 Å². The summed E-state index contributed by atoms with van der Waals surface area (Å²) in [5.74, 6) is 0.122. The largest absolute Gasteiger partial charge is 1.00 e. The zero-order valence-electron chi connectivity index (χ0n) is 23.6. The van der Waals surface area contributed by atoms with E-state index in [1.807, 2.05) is 11.4 Å². The van der Waals surface area contributed by atoms with Gasteiger partial charge in [0.15, 0.2) is 5.78 Å². The van der Waals surface area contributed by atoms with Gasteiger partial charge < -0.3 is 17.0 Å². The van der Waals surface area contributed by atoms with E-state index >= 15 is 0 Å². The maximum atomic E-state index is 10.6. The van der Waals surface area contributed by atoms with Gasteiger partial charge in [0.05, 0.1) is 13.7 Å². The van der Waals surface area contributed by atoms with E-state index in [1.165, 1.54) is 42.2 Å². The molecule has 5 rings (SSSR count). The molecule has 0 radical (unpaired) electrons. The highest BCUT2D eigenvalue weighted by molar-refractivity contribution is 9.11. The lowest BCUT2D eigenvalue weighted by Gasteiger charge is -2.26. The number of allylic oxidation sites excluding steroid dienone is 2. The van der Waals surface area contributed by atoms with Crippen molar-refractivity contribution in [3.8, 4) is 0 Å². The molecular formula is C34H34Br3OPS2. The van der Waals surface area contributed by atoms with Crippen molar-refractivity contribution in [2.75, 3.05) is 6.16 Å². The summed E-state index contributed by atoms with van der Waals surface area (Å²) in [6.07, 6.45) is 3.26. The summed E-state index contributed by atoms with van der Waals surface area (Å²) in [6, 6.07) is 37.0. The molecule has 3 aromatic carbocycles. The Bertz CT molecular complexity index is 1400. The van der Waals surface area contributed by atoms with Gasteiger partial charge in [-0.25, -0.2) is 0 Å². The van der Waals surface area contributed by atoms with Crippen LogP contribution in [0.15, 0.2) is 128 Å². The lowest BCUT2D eigenvalue weighted by molar-refractivity contribution is -0.0000156. The second-order valence-corrected chi connectivity index (χ2v) is 17.3. The topological polar surface area (TPSA) is 17.1 Å². The van der Waals surface area contributed by atoms with Crippen LogP contribution in [0.3, 0.4) is 0 Å². The Kier molecular flexibility index (Phi) is 15.7. The third-order valence-corrected chi connectivity index (χ3v) is 14.0. The number of hydrogen-bond donors (Lipinski definition) is 0. The molecule has 0 aliphatic heterocycles. The summed E-state index contributed by atoms with van der Waals surface area (Å²) < 4.78 is 2.21. The summed E-state index contributed by atoms with van der Waals surface area (Å²) >= 11 is 9.94. The number of rotatable bonds is 6. The number of Topliss-reactive ketones (excluding diaryl/α,β-unsaturated/α-hetero) is 1. The molecule has 5 aromatic rings. The first-order chi connectivity index (χ1) is 19.3. The number of halogens is 3. The van der Waals surface area contributed by atoms with E-state index < -0.39 is 7.26 Å². The van der Waals surface area contributed by atoms with Crippen LogP contribution in [0.4, 0.5) is 0 Å². The van der Waals surface area contributed by atoms with Gasteiger partial charge in [-0.3, -0.25) is 4.79 Å². The van der Waals surface area contributed by atoms with Crippen LogP contribution in [0.25, 0.3) is 5.57 Å². The highest BCUT2D eigenvalue weighted by Gasteiger charge is 2.43. The first-order valence-corrected chi connectivity index (χ1v) is 18.3. The minimum absolute atomic E-state index is 0. The molecule has 1 nitrogen and oxygen atoms in total. The second kappa shape index (κ2) is 18.1. The van der Waals surface area contributed by atoms with Crippen molar-refractivity contribution < 1.29 is 21.8 Å². The molecule has 0 bridgehead atoms. The minimum atomic E-state index is -1.53. The van der Waals surface area contributed by atoms with Gasteiger partial charge >= 0.3 is 0 Å². The molecule has 0 aliphatic rings. The first-order valence-electron chi connectivity index (χ1n) is 13.0. The van der Waals surface area contributed by atoms with Crippen LogP contribution in [0, 0.1) is 0 Å². The van der Waals surface area contributed by atoms with Gasteiger partial charge in [-0.1, -0.05) is 60.7 Å². The molecule has 0 amide bonds. The number of hydrogen-bond acceptors (Lipinski definition) is 3. The Morgan fingerprint density at radius 2 is 1.07 bits per heavy atom. The predicted octanol–water partition coefficient (Wildman–Crippen LogP) is 7.65. The van der Waals surface area contributed by atoms with E-state index in [0.29, 0.717) is 0 Å². The average molecular weight is 793 g/mol. The van der Waals surface area contributed by atoms with Gasteiger partial charge in [-0.2, -0.15) is 0 Å². The number of benzene rings is 3. The fourth-order valence-electron chi connectivity index (χ4n) is 4.22. The summed E-state index contributed by atoms with van der Waals surface area (Å²) in [5.41, 5.74) is 3.44. The Balaban J connectivity index is 0.000000246. The Labute approximate surface area is 281 Å². The third-order valence-electron chi connectivity index (χ3n) is 6.50. The van der Waals surface area contributed by atoms with E-state index in [1.54, 1.807) is 18.3 Å². The fourth-order valence-corrected chi connectivity index (χ4v) is 10.7. The smallest absolute Gasteiger partial charge is 0.160 e. The molecule has 7 heteroatoms.